The van der Waals surface area contributed by atoms with E-state index in [2.05, 4.69) is 50.6 Å². The summed E-state index contributed by atoms with van der Waals surface area (Å²) in [7, 11) is 0. The first-order chi connectivity index (χ1) is 9.96. The number of aliphatic hydroxyl groups is 1. The zero-order valence-corrected chi connectivity index (χ0v) is 13.8. The fraction of sp³-hybridized carbons (Fsp3) is 0.500. The highest BCUT2D eigenvalue weighted by atomic mass is 16.3. The van der Waals surface area contributed by atoms with Crippen LogP contribution in [0.4, 0.5) is 0 Å². The lowest BCUT2D eigenvalue weighted by atomic mass is 10.0. The average molecular weight is 286 g/mol. The molecule has 0 amide bonds. The Morgan fingerprint density at radius 1 is 1.10 bits per heavy atom. The van der Waals surface area contributed by atoms with Crippen molar-refractivity contribution in [2.75, 3.05) is 0 Å². The molecule has 0 aliphatic rings. The Morgan fingerprint density at radius 3 is 2.19 bits per heavy atom. The van der Waals surface area contributed by atoms with Crippen LogP contribution in [0.2, 0.25) is 0 Å². The summed E-state index contributed by atoms with van der Waals surface area (Å²) in [6, 6.07) is 6.61. The average Bonchev–Trinajstić information content (AvgIpc) is 2.75. The first-order valence-electron chi connectivity index (χ1n) is 7.79. The fourth-order valence-corrected chi connectivity index (χ4v) is 3.15. The van der Waals surface area contributed by atoms with E-state index in [-0.39, 0.29) is 0 Å². The van der Waals surface area contributed by atoms with Gasteiger partial charge in [0.25, 0.3) is 0 Å². The summed E-state index contributed by atoms with van der Waals surface area (Å²) in [5, 5.41) is 14.8. The molecule has 0 saturated carbocycles. The first-order valence-corrected chi connectivity index (χ1v) is 7.79. The van der Waals surface area contributed by atoms with Gasteiger partial charge in [-0.3, -0.25) is 4.68 Å². The molecule has 0 spiro atoms. The standard InChI is InChI=1S/C18H26N2O/c1-6-16-18(14(5)21)17(7-2)20(19-16)11-15-9-12(3)8-13(4)10-15/h8-10,14,21H,6-7,11H2,1-5H3. The number of aromatic nitrogens is 2. The highest BCUT2D eigenvalue weighted by Crippen LogP contribution is 2.24. The highest BCUT2D eigenvalue weighted by molar-refractivity contribution is 5.32. The Labute approximate surface area is 127 Å². The van der Waals surface area contributed by atoms with Crippen LogP contribution < -0.4 is 0 Å². The Bertz CT molecular complexity index is 606. The lowest BCUT2D eigenvalue weighted by molar-refractivity contribution is 0.197. The number of aryl methyl sites for hydroxylation is 3. The van der Waals surface area contributed by atoms with Gasteiger partial charge in [0.15, 0.2) is 0 Å². The SMILES string of the molecule is CCc1nn(Cc2cc(C)cc(C)c2)c(CC)c1C(C)O. The molecule has 1 aromatic heterocycles. The van der Waals surface area contributed by atoms with Gasteiger partial charge in [-0.25, -0.2) is 0 Å². The van der Waals surface area contributed by atoms with Gasteiger partial charge in [0.1, 0.15) is 0 Å². The van der Waals surface area contributed by atoms with Crippen LogP contribution in [-0.2, 0) is 19.4 Å². The van der Waals surface area contributed by atoms with E-state index in [1.807, 2.05) is 6.92 Å². The van der Waals surface area contributed by atoms with Crippen LogP contribution in [-0.4, -0.2) is 14.9 Å². The number of hydrogen-bond acceptors (Lipinski definition) is 2. The maximum atomic E-state index is 10.1. The Morgan fingerprint density at radius 2 is 1.71 bits per heavy atom. The molecule has 0 bridgehead atoms. The molecule has 1 unspecified atom stereocenters. The van der Waals surface area contributed by atoms with Crippen molar-refractivity contribution in [3.05, 3.63) is 51.8 Å². The lowest BCUT2D eigenvalue weighted by Crippen LogP contribution is -2.08. The van der Waals surface area contributed by atoms with Crippen molar-refractivity contribution in [3.8, 4) is 0 Å². The van der Waals surface area contributed by atoms with Gasteiger partial charge in [-0.15, -0.1) is 0 Å². The summed E-state index contributed by atoms with van der Waals surface area (Å²) in [5.74, 6) is 0. The van der Waals surface area contributed by atoms with Crippen molar-refractivity contribution in [2.24, 2.45) is 0 Å². The summed E-state index contributed by atoms with van der Waals surface area (Å²) in [4.78, 5) is 0. The van der Waals surface area contributed by atoms with Crippen LogP contribution in [0, 0.1) is 13.8 Å². The Balaban J connectivity index is 2.44. The largest absolute Gasteiger partial charge is 0.389 e. The minimum absolute atomic E-state index is 0.456. The van der Waals surface area contributed by atoms with E-state index in [1.165, 1.54) is 16.7 Å². The molecular weight excluding hydrogens is 260 g/mol. The van der Waals surface area contributed by atoms with Crippen molar-refractivity contribution in [1.29, 1.82) is 0 Å². The van der Waals surface area contributed by atoms with Gasteiger partial charge >= 0.3 is 0 Å². The Kier molecular flexibility index (Phi) is 4.84. The number of rotatable bonds is 5. The molecule has 0 radical (unpaired) electrons. The second kappa shape index (κ2) is 6.44. The van der Waals surface area contributed by atoms with Crippen molar-refractivity contribution in [3.63, 3.8) is 0 Å². The van der Waals surface area contributed by atoms with E-state index < -0.39 is 6.10 Å². The minimum Gasteiger partial charge on any atom is -0.389 e. The molecule has 1 N–H and O–H groups in total. The van der Waals surface area contributed by atoms with Crippen LogP contribution in [0.25, 0.3) is 0 Å². The second-order valence-corrected chi connectivity index (χ2v) is 5.84. The van der Waals surface area contributed by atoms with Crippen molar-refractivity contribution in [1.82, 2.24) is 9.78 Å². The van der Waals surface area contributed by atoms with Crippen LogP contribution in [0.3, 0.4) is 0 Å². The molecule has 1 heterocycles. The predicted octanol–water partition coefficient (Wildman–Crippen LogP) is 3.73. The van der Waals surface area contributed by atoms with E-state index in [1.54, 1.807) is 0 Å². The molecule has 1 atom stereocenters. The van der Waals surface area contributed by atoms with E-state index in [4.69, 9.17) is 5.10 Å². The molecule has 2 rings (SSSR count). The van der Waals surface area contributed by atoms with Crippen molar-refractivity contribution < 1.29 is 5.11 Å². The lowest BCUT2D eigenvalue weighted by Gasteiger charge is -2.11. The van der Waals surface area contributed by atoms with E-state index in [9.17, 15) is 5.11 Å². The summed E-state index contributed by atoms with van der Waals surface area (Å²) in [6.45, 7) is 11.1. The molecule has 0 aliphatic carbocycles. The third kappa shape index (κ3) is 3.35. The summed E-state index contributed by atoms with van der Waals surface area (Å²) >= 11 is 0. The topological polar surface area (TPSA) is 38.0 Å². The predicted molar refractivity (Wildman–Crippen MR) is 86.6 cm³/mol. The second-order valence-electron chi connectivity index (χ2n) is 5.84. The summed E-state index contributed by atoms with van der Waals surface area (Å²) in [6.07, 6.45) is 1.29. The number of benzene rings is 1. The van der Waals surface area contributed by atoms with Crippen LogP contribution in [0.15, 0.2) is 18.2 Å². The van der Waals surface area contributed by atoms with Gasteiger partial charge in [-0.1, -0.05) is 43.2 Å². The maximum absolute atomic E-state index is 10.1. The van der Waals surface area contributed by atoms with Crippen molar-refractivity contribution in [2.45, 2.75) is 60.1 Å². The number of hydrogen-bond donors (Lipinski definition) is 1. The van der Waals surface area contributed by atoms with Gasteiger partial charge in [0, 0.05) is 11.3 Å². The molecule has 0 fully saturated rings. The molecule has 3 nitrogen and oxygen atoms in total. The molecule has 3 heteroatoms. The van der Waals surface area contributed by atoms with Gasteiger partial charge in [-0.2, -0.15) is 5.10 Å². The third-order valence-electron chi connectivity index (χ3n) is 3.88. The third-order valence-corrected chi connectivity index (χ3v) is 3.88. The first kappa shape index (κ1) is 15.8. The van der Waals surface area contributed by atoms with Gasteiger partial charge in [0.2, 0.25) is 0 Å². The number of nitrogens with zero attached hydrogens (tertiary/aromatic N) is 2. The van der Waals surface area contributed by atoms with Gasteiger partial charge < -0.3 is 5.11 Å². The van der Waals surface area contributed by atoms with Gasteiger partial charge in [0.05, 0.1) is 18.3 Å². The molecule has 1 aromatic carbocycles. The summed E-state index contributed by atoms with van der Waals surface area (Å²) < 4.78 is 2.06. The van der Waals surface area contributed by atoms with E-state index in [0.29, 0.717) is 0 Å². The smallest absolute Gasteiger partial charge is 0.0798 e. The normalized spacial score (nSPS) is 12.7. The molecular formula is C18H26N2O. The fourth-order valence-electron chi connectivity index (χ4n) is 3.15. The quantitative estimate of drug-likeness (QED) is 0.909. The zero-order chi connectivity index (χ0) is 15.6. The van der Waals surface area contributed by atoms with Gasteiger partial charge in [-0.05, 0) is 39.2 Å². The molecule has 0 aliphatic heterocycles. The zero-order valence-electron chi connectivity index (χ0n) is 13.8. The molecule has 2 aromatic rings. The Hall–Kier alpha value is -1.61. The highest BCUT2D eigenvalue weighted by Gasteiger charge is 2.19. The molecule has 21 heavy (non-hydrogen) atoms. The van der Waals surface area contributed by atoms with Crippen molar-refractivity contribution >= 4 is 0 Å². The molecule has 114 valence electrons. The monoisotopic (exact) mass is 286 g/mol. The minimum atomic E-state index is -0.456. The van der Waals surface area contributed by atoms with Crippen LogP contribution in [0.5, 0.6) is 0 Å². The molecule has 0 saturated heterocycles. The van der Waals surface area contributed by atoms with Crippen LogP contribution >= 0.6 is 0 Å². The van der Waals surface area contributed by atoms with E-state index in [0.717, 1.165) is 36.3 Å². The van der Waals surface area contributed by atoms with E-state index >= 15 is 0 Å². The maximum Gasteiger partial charge on any atom is 0.0798 e. The van der Waals surface area contributed by atoms with Crippen LogP contribution in [0.1, 0.15) is 60.5 Å². The summed E-state index contributed by atoms with van der Waals surface area (Å²) in [5.41, 5.74) is 7.02. The number of aliphatic hydroxyl groups excluding tert-OH is 1.